The van der Waals surface area contributed by atoms with E-state index in [9.17, 15) is 9.59 Å². The van der Waals surface area contributed by atoms with Crippen LogP contribution in [0.15, 0.2) is 24.5 Å². The fraction of sp³-hybridized carbons (Fsp3) is 0.364. The number of hydrogen-bond donors (Lipinski definition) is 1. The number of imide groups is 1. The van der Waals surface area contributed by atoms with Gasteiger partial charge in [0.05, 0.1) is 0 Å². The molecule has 1 aromatic rings. The maximum Gasteiger partial charge on any atom is 0.324 e. The Balaban J connectivity index is 2.59. The second-order valence-electron chi connectivity index (χ2n) is 3.36. The molecule has 0 aliphatic carbocycles. The van der Waals surface area contributed by atoms with Gasteiger partial charge in [-0.25, -0.2) is 4.79 Å². The van der Waals surface area contributed by atoms with Crippen LogP contribution in [0.25, 0.3) is 0 Å². The summed E-state index contributed by atoms with van der Waals surface area (Å²) in [4.78, 5) is 28.1. The van der Waals surface area contributed by atoms with Crippen LogP contribution in [0, 0.1) is 0 Å². The van der Waals surface area contributed by atoms with Crippen LogP contribution in [0.4, 0.5) is 4.79 Å². The van der Waals surface area contributed by atoms with Crippen molar-refractivity contribution in [2.75, 3.05) is 12.4 Å². The Morgan fingerprint density at radius 3 is 2.59 bits per heavy atom. The van der Waals surface area contributed by atoms with Crippen LogP contribution in [-0.2, 0) is 11.3 Å². The maximum atomic E-state index is 11.7. The van der Waals surface area contributed by atoms with Gasteiger partial charge in [0.25, 0.3) is 0 Å². The molecular formula is C11H14ClN3O2. The van der Waals surface area contributed by atoms with Gasteiger partial charge in [0.2, 0.25) is 5.91 Å². The maximum absolute atomic E-state index is 11.7. The zero-order valence-corrected chi connectivity index (χ0v) is 10.3. The minimum absolute atomic E-state index is 0.224. The highest BCUT2D eigenvalue weighted by atomic mass is 35.5. The zero-order chi connectivity index (χ0) is 12.7. The Morgan fingerprint density at radius 2 is 2.06 bits per heavy atom. The number of urea groups is 1. The molecular weight excluding hydrogens is 242 g/mol. The van der Waals surface area contributed by atoms with Gasteiger partial charge in [-0.1, -0.05) is 0 Å². The van der Waals surface area contributed by atoms with Gasteiger partial charge >= 0.3 is 6.03 Å². The molecule has 3 amide bonds. The number of halogens is 1. The Kier molecular flexibility index (Phi) is 5.42. The molecule has 1 N–H and O–H groups in total. The van der Waals surface area contributed by atoms with Crippen LogP contribution in [0.5, 0.6) is 0 Å². The lowest BCUT2D eigenvalue weighted by Gasteiger charge is -2.20. The van der Waals surface area contributed by atoms with Gasteiger partial charge < -0.3 is 4.90 Å². The second kappa shape index (κ2) is 6.85. The predicted molar refractivity (Wildman–Crippen MR) is 64.6 cm³/mol. The van der Waals surface area contributed by atoms with E-state index in [1.54, 1.807) is 12.4 Å². The first-order valence-corrected chi connectivity index (χ1v) is 5.74. The van der Waals surface area contributed by atoms with E-state index in [0.29, 0.717) is 13.1 Å². The summed E-state index contributed by atoms with van der Waals surface area (Å²) in [6.07, 6.45) is 3.32. The number of carbonyl (C=O) groups excluding carboxylic acids is 2. The van der Waals surface area contributed by atoms with Gasteiger partial charge in [0.15, 0.2) is 0 Å². The van der Waals surface area contributed by atoms with Crippen LogP contribution in [0.1, 0.15) is 12.5 Å². The number of rotatable bonds is 4. The molecule has 0 fully saturated rings. The first-order chi connectivity index (χ1) is 8.17. The summed E-state index contributed by atoms with van der Waals surface area (Å²) in [6.45, 7) is 2.77. The molecule has 0 atom stereocenters. The van der Waals surface area contributed by atoms with Crippen molar-refractivity contribution in [2.24, 2.45) is 0 Å². The number of aromatic nitrogens is 1. The predicted octanol–water partition coefficient (Wildman–Crippen LogP) is 1.38. The minimum Gasteiger partial charge on any atom is -0.320 e. The van der Waals surface area contributed by atoms with Crippen molar-refractivity contribution in [3.63, 3.8) is 0 Å². The number of alkyl halides is 1. The number of hydrogen-bond acceptors (Lipinski definition) is 3. The Hall–Kier alpha value is -1.62. The first kappa shape index (κ1) is 13.4. The quantitative estimate of drug-likeness (QED) is 0.827. The van der Waals surface area contributed by atoms with Gasteiger partial charge in [-0.05, 0) is 24.6 Å². The topological polar surface area (TPSA) is 62.3 Å². The average Bonchev–Trinajstić information content (AvgIpc) is 2.36. The zero-order valence-electron chi connectivity index (χ0n) is 9.52. The molecule has 1 aromatic heterocycles. The Labute approximate surface area is 105 Å². The lowest BCUT2D eigenvalue weighted by Crippen LogP contribution is -2.42. The highest BCUT2D eigenvalue weighted by Crippen LogP contribution is 2.03. The number of amides is 3. The third kappa shape index (κ3) is 4.40. The minimum atomic E-state index is -0.496. The van der Waals surface area contributed by atoms with E-state index < -0.39 is 11.9 Å². The third-order valence-corrected chi connectivity index (χ3v) is 2.40. The molecule has 0 radical (unpaired) electrons. The van der Waals surface area contributed by atoms with Gasteiger partial charge in [-0.15, -0.1) is 11.6 Å². The summed E-state index contributed by atoms with van der Waals surface area (Å²) in [7, 11) is 0. The Morgan fingerprint density at radius 1 is 1.41 bits per heavy atom. The molecule has 0 aliphatic rings. The molecule has 1 rings (SSSR count). The molecule has 92 valence electrons. The normalized spacial score (nSPS) is 9.76. The number of nitrogens with zero attached hydrogens (tertiary/aromatic N) is 2. The van der Waals surface area contributed by atoms with Crippen LogP contribution in [-0.4, -0.2) is 34.2 Å². The SMILES string of the molecule is CCN(Cc1ccncc1)C(=O)NC(=O)CCl. The van der Waals surface area contributed by atoms with E-state index in [4.69, 9.17) is 11.6 Å². The van der Waals surface area contributed by atoms with Gasteiger partial charge in [-0.3, -0.25) is 15.1 Å². The highest BCUT2D eigenvalue weighted by molar-refractivity contribution is 6.28. The van der Waals surface area contributed by atoms with Crippen molar-refractivity contribution in [2.45, 2.75) is 13.5 Å². The summed E-state index contributed by atoms with van der Waals surface area (Å²) in [6, 6.07) is 3.20. The fourth-order valence-corrected chi connectivity index (χ4v) is 1.33. The van der Waals surface area contributed by atoms with Crippen molar-refractivity contribution in [3.8, 4) is 0 Å². The molecule has 0 saturated heterocycles. The summed E-state index contributed by atoms with van der Waals surface area (Å²) in [5.74, 6) is -0.719. The summed E-state index contributed by atoms with van der Waals surface area (Å²) < 4.78 is 0. The monoisotopic (exact) mass is 255 g/mol. The molecule has 5 nitrogen and oxygen atoms in total. The molecule has 0 unspecified atom stereocenters. The highest BCUT2D eigenvalue weighted by Gasteiger charge is 2.14. The van der Waals surface area contributed by atoms with E-state index in [0.717, 1.165) is 5.56 Å². The molecule has 0 saturated carbocycles. The lowest BCUT2D eigenvalue weighted by molar-refractivity contribution is -0.117. The standard InChI is InChI=1S/C11H14ClN3O2/c1-2-15(11(17)14-10(16)7-12)8-9-3-5-13-6-4-9/h3-6H,2,7-8H2,1H3,(H,14,16,17). The van der Waals surface area contributed by atoms with Crippen LogP contribution in [0.2, 0.25) is 0 Å². The third-order valence-electron chi connectivity index (χ3n) is 2.16. The molecule has 1 heterocycles. The number of carbonyl (C=O) groups is 2. The lowest BCUT2D eigenvalue weighted by atomic mass is 10.2. The van der Waals surface area contributed by atoms with E-state index in [2.05, 4.69) is 10.3 Å². The molecule has 0 aromatic carbocycles. The van der Waals surface area contributed by atoms with E-state index in [-0.39, 0.29) is 5.88 Å². The van der Waals surface area contributed by atoms with E-state index in [1.165, 1.54) is 4.90 Å². The fourth-order valence-electron chi connectivity index (χ4n) is 1.27. The summed E-state index contributed by atoms with van der Waals surface area (Å²) in [5, 5.41) is 2.20. The summed E-state index contributed by atoms with van der Waals surface area (Å²) in [5.41, 5.74) is 0.954. The van der Waals surface area contributed by atoms with Crippen LogP contribution < -0.4 is 5.32 Å². The first-order valence-electron chi connectivity index (χ1n) is 5.21. The van der Waals surface area contributed by atoms with Crippen molar-refractivity contribution < 1.29 is 9.59 Å². The van der Waals surface area contributed by atoms with Crippen molar-refractivity contribution >= 4 is 23.5 Å². The van der Waals surface area contributed by atoms with E-state index in [1.807, 2.05) is 19.1 Å². The molecule has 0 aliphatic heterocycles. The van der Waals surface area contributed by atoms with Gasteiger partial charge in [0.1, 0.15) is 5.88 Å². The molecule has 17 heavy (non-hydrogen) atoms. The van der Waals surface area contributed by atoms with E-state index >= 15 is 0 Å². The number of nitrogens with one attached hydrogen (secondary N) is 1. The molecule has 0 spiro atoms. The molecule has 6 heteroatoms. The van der Waals surface area contributed by atoms with Crippen molar-refractivity contribution in [1.29, 1.82) is 0 Å². The van der Waals surface area contributed by atoms with Crippen LogP contribution >= 0.6 is 11.6 Å². The largest absolute Gasteiger partial charge is 0.324 e. The van der Waals surface area contributed by atoms with Crippen molar-refractivity contribution in [3.05, 3.63) is 30.1 Å². The van der Waals surface area contributed by atoms with Gasteiger partial charge in [0, 0.05) is 25.5 Å². The Bertz CT molecular complexity index is 384. The number of pyridine rings is 1. The summed E-state index contributed by atoms with van der Waals surface area (Å²) >= 11 is 5.31. The second-order valence-corrected chi connectivity index (χ2v) is 3.62. The molecule has 0 bridgehead atoms. The van der Waals surface area contributed by atoms with Gasteiger partial charge in [-0.2, -0.15) is 0 Å². The average molecular weight is 256 g/mol. The van der Waals surface area contributed by atoms with Crippen LogP contribution in [0.3, 0.4) is 0 Å². The van der Waals surface area contributed by atoms with Crippen molar-refractivity contribution in [1.82, 2.24) is 15.2 Å². The smallest absolute Gasteiger partial charge is 0.320 e.